The topological polar surface area (TPSA) is 41.1 Å². The number of hydrogen-bond acceptors (Lipinski definition) is 3. The van der Waals surface area contributed by atoms with Crippen LogP contribution in [-0.2, 0) is 4.79 Å². The molecule has 0 radical (unpaired) electrons. The summed E-state index contributed by atoms with van der Waals surface area (Å²) >= 11 is 1.83. The van der Waals surface area contributed by atoms with Gasteiger partial charge in [-0.15, -0.1) is 24.2 Å². The molecule has 1 aromatic rings. The predicted molar refractivity (Wildman–Crippen MR) is 148 cm³/mol. The molecule has 1 saturated heterocycles. The highest BCUT2D eigenvalue weighted by Gasteiger charge is 2.30. The van der Waals surface area contributed by atoms with Crippen molar-refractivity contribution in [3.05, 3.63) is 35.9 Å². The lowest BCUT2D eigenvalue weighted by atomic mass is 10.0. The summed E-state index contributed by atoms with van der Waals surface area (Å²) in [4.78, 5) is 12.4. The molecule has 0 saturated carbocycles. The molecule has 1 aromatic carbocycles. The first-order chi connectivity index (χ1) is 15.8. The zero-order valence-corrected chi connectivity index (χ0v) is 22.6. The SMILES string of the molecule is CCCCCCCCCCCCCCCCCCNC(=O)[C@@H]1CSC(c2ccccc2)N1.Cl. The third kappa shape index (κ3) is 14.3. The number of amides is 1. The Balaban J connectivity index is 0.00000544. The number of unbranched alkanes of at least 4 members (excludes halogenated alkanes) is 15. The molecule has 3 nitrogen and oxygen atoms in total. The van der Waals surface area contributed by atoms with E-state index in [4.69, 9.17) is 0 Å². The summed E-state index contributed by atoms with van der Waals surface area (Å²) in [5.41, 5.74) is 1.26. The van der Waals surface area contributed by atoms with Crippen molar-refractivity contribution in [2.75, 3.05) is 12.3 Å². The highest BCUT2D eigenvalue weighted by molar-refractivity contribution is 7.99. The number of rotatable bonds is 19. The molecule has 190 valence electrons. The first-order valence-corrected chi connectivity index (χ1v) is 14.6. The van der Waals surface area contributed by atoms with Crippen LogP contribution < -0.4 is 10.6 Å². The monoisotopic (exact) mass is 496 g/mol. The first kappa shape index (κ1) is 30.3. The second-order valence-electron chi connectivity index (χ2n) is 9.44. The summed E-state index contributed by atoms with van der Waals surface area (Å²) in [5, 5.41) is 6.83. The predicted octanol–water partition coefficient (Wildman–Crippen LogP) is 8.19. The molecule has 1 amide bonds. The van der Waals surface area contributed by atoms with Crippen LogP contribution in [0.2, 0.25) is 0 Å². The number of carbonyl (C=O) groups excluding carboxylic acids is 1. The van der Waals surface area contributed by atoms with E-state index in [0.717, 1.165) is 18.7 Å². The molecular weight excluding hydrogens is 448 g/mol. The second kappa shape index (κ2) is 20.6. The van der Waals surface area contributed by atoms with Gasteiger partial charge in [0.15, 0.2) is 0 Å². The zero-order valence-electron chi connectivity index (χ0n) is 21.0. The van der Waals surface area contributed by atoms with E-state index in [1.807, 2.05) is 17.8 Å². The molecule has 33 heavy (non-hydrogen) atoms. The zero-order chi connectivity index (χ0) is 22.7. The number of carbonyl (C=O) groups is 1. The van der Waals surface area contributed by atoms with Gasteiger partial charge in [0.1, 0.15) is 0 Å². The smallest absolute Gasteiger partial charge is 0.238 e. The fourth-order valence-electron chi connectivity index (χ4n) is 4.45. The van der Waals surface area contributed by atoms with Gasteiger partial charge in [-0.1, -0.05) is 134 Å². The average Bonchev–Trinajstić information content (AvgIpc) is 3.32. The number of halogens is 1. The van der Waals surface area contributed by atoms with Gasteiger partial charge in [-0.05, 0) is 12.0 Å². The summed E-state index contributed by atoms with van der Waals surface area (Å²) in [6, 6.07) is 10.3. The minimum Gasteiger partial charge on any atom is -0.355 e. The van der Waals surface area contributed by atoms with Crippen molar-refractivity contribution in [1.82, 2.24) is 10.6 Å². The van der Waals surface area contributed by atoms with E-state index in [1.54, 1.807) is 0 Å². The Hall–Kier alpha value is -0.710. The molecule has 2 N–H and O–H groups in total. The van der Waals surface area contributed by atoms with Crippen molar-refractivity contribution in [2.24, 2.45) is 0 Å². The fraction of sp³-hybridized carbons (Fsp3) is 0.750. The lowest BCUT2D eigenvalue weighted by Gasteiger charge is -2.13. The minimum absolute atomic E-state index is 0. The Morgan fingerprint density at radius 2 is 1.30 bits per heavy atom. The van der Waals surface area contributed by atoms with Crippen molar-refractivity contribution in [1.29, 1.82) is 0 Å². The molecule has 1 aliphatic heterocycles. The highest BCUT2D eigenvalue weighted by Crippen LogP contribution is 2.32. The summed E-state index contributed by atoms with van der Waals surface area (Å²) in [5.74, 6) is 1.02. The Kier molecular flexibility index (Phi) is 19.0. The van der Waals surface area contributed by atoms with Crippen LogP contribution >= 0.6 is 24.2 Å². The quantitative estimate of drug-likeness (QED) is 0.190. The molecule has 1 heterocycles. The minimum atomic E-state index is -0.0636. The van der Waals surface area contributed by atoms with E-state index in [9.17, 15) is 4.79 Å². The van der Waals surface area contributed by atoms with Gasteiger partial charge >= 0.3 is 0 Å². The van der Waals surface area contributed by atoms with Crippen LogP contribution in [0.1, 0.15) is 121 Å². The van der Waals surface area contributed by atoms with E-state index < -0.39 is 0 Å². The van der Waals surface area contributed by atoms with Crippen molar-refractivity contribution >= 4 is 30.1 Å². The average molecular weight is 497 g/mol. The molecule has 0 spiro atoms. The number of thioether (sulfide) groups is 1. The van der Waals surface area contributed by atoms with Gasteiger partial charge in [0, 0.05) is 12.3 Å². The van der Waals surface area contributed by atoms with Crippen LogP contribution in [0.3, 0.4) is 0 Å². The standard InChI is InChI=1S/C28H48N2OS.ClH/c1-2-3-4-5-6-7-8-9-10-11-12-13-14-15-16-20-23-29-27(31)26-24-32-28(30-26)25-21-18-17-19-22-25;/h17-19,21-22,26,28,30H,2-16,20,23-24H2,1H3,(H,29,31);1H/t26-,28?;/m0./s1. The van der Waals surface area contributed by atoms with E-state index in [2.05, 4.69) is 41.8 Å². The molecular formula is C28H49ClN2OS. The van der Waals surface area contributed by atoms with Gasteiger partial charge in [-0.2, -0.15) is 0 Å². The van der Waals surface area contributed by atoms with E-state index in [1.165, 1.54) is 102 Å². The normalized spacial score (nSPS) is 17.6. The van der Waals surface area contributed by atoms with Crippen molar-refractivity contribution in [3.8, 4) is 0 Å². The van der Waals surface area contributed by atoms with Gasteiger partial charge in [0.25, 0.3) is 0 Å². The summed E-state index contributed by atoms with van der Waals surface area (Å²) in [6.07, 6.45) is 22.1. The summed E-state index contributed by atoms with van der Waals surface area (Å²) in [6.45, 7) is 3.10. The molecule has 0 bridgehead atoms. The number of hydrogen-bond donors (Lipinski definition) is 2. The molecule has 0 aliphatic carbocycles. The Labute approximate surface area is 214 Å². The summed E-state index contributed by atoms with van der Waals surface area (Å²) in [7, 11) is 0. The maximum absolute atomic E-state index is 12.4. The molecule has 2 rings (SSSR count). The van der Waals surface area contributed by atoms with Crippen LogP contribution in [-0.4, -0.2) is 24.2 Å². The van der Waals surface area contributed by atoms with Crippen LogP contribution in [0, 0.1) is 0 Å². The van der Waals surface area contributed by atoms with E-state index in [0.29, 0.717) is 0 Å². The van der Waals surface area contributed by atoms with Crippen molar-refractivity contribution in [3.63, 3.8) is 0 Å². The maximum Gasteiger partial charge on any atom is 0.238 e. The van der Waals surface area contributed by atoms with Crippen LogP contribution in [0.25, 0.3) is 0 Å². The van der Waals surface area contributed by atoms with Crippen LogP contribution in [0.4, 0.5) is 0 Å². The van der Waals surface area contributed by atoms with E-state index in [-0.39, 0.29) is 29.7 Å². The molecule has 5 heteroatoms. The number of benzene rings is 1. The van der Waals surface area contributed by atoms with Gasteiger partial charge in [-0.3, -0.25) is 10.1 Å². The number of nitrogens with one attached hydrogen (secondary N) is 2. The molecule has 1 unspecified atom stereocenters. The molecule has 1 aliphatic rings. The Morgan fingerprint density at radius 3 is 1.82 bits per heavy atom. The van der Waals surface area contributed by atoms with Crippen LogP contribution in [0.5, 0.6) is 0 Å². The van der Waals surface area contributed by atoms with Crippen molar-refractivity contribution in [2.45, 2.75) is 121 Å². The van der Waals surface area contributed by atoms with Gasteiger partial charge in [0.05, 0.1) is 11.4 Å². The molecule has 2 atom stereocenters. The largest absolute Gasteiger partial charge is 0.355 e. The van der Waals surface area contributed by atoms with E-state index >= 15 is 0 Å². The lowest BCUT2D eigenvalue weighted by Crippen LogP contribution is -2.42. The lowest BCUT2D eigenvalue weighted by molar-refractivity contribution is -0.122. The maximum atomic E-state index is 12.4. The van der Waals surface area contributed by atoms with Gasteiger partial charge in [-0.25, -0.2) is 0 Å². The third-order valence-corrected chi connectivity index (χ3v) is 7.80. The van der Waals surface area contributed by atoms with Crippen LogP contribution in [0.15, 0.2) is 30.3 Å². The highest BCUT2D eigenvalue weighted by atomic mass is 35.5. The van der Waals surface area contributed by atoms with Crippen molar-refractivity contribution < 1.29 is 4.79 Å². The molecule has 1 fully saturated rings. The second-order valence-corrected chi connectivity index (χ2v) is 10.6. The van der Waals surface area contributed by atoms with Gasteiger partial charge in [0.2, 0.25) is 5.91 Å². The first-order valence-electron chi connectivity index (χ1n) is 13.5. The Morgan fingerprint density at radius 1 is 0.818 bits per heavy atom. The summed E-state index contributed by atoms with van der Waals surface area (Å²) < 4.78 is 0. The fourth-order valence-corrected chi connectivity index (χ4v) is 5.69. The molecule has 0 aromatic heterocycles. The Bertz CT molecular complexity index is 587. The van der Waals surface area contributed by atoms with Gasteiger partial charge < -0.3 is 5.32 Å². The third-order valence-electron chi connectivity index (χ3n) is 6.53.